The van der Waals surface area contributed by atoms with E-state index in [2.05, 4.69) is 39.9 Å². The average Bonchev–Trinajstić information content (AvgIpc) is 3.46. The number of amides is 2. The lowest BCUT2D eigenvalue weighted by molar-refractivity contribution is -0.139. The molecule has 2 amide bonds. The lowest BCUT2D eigenvalue weighted by Crippen LogP contribution is -2.34. The summed E-state index contributed by atoms with van der Waals surface area (Å²) in [7, 11) is 1.38. The molecule has 0 radical (unpaired) electrons. The summed E-state index contributed by atoms with van der Waals surface area (Å²) in [5, 5.41) is 16.2. The number of nitrogens with one attached hydrogen (secondary N) is 2. The van der Waals surface area contributed by atoms with Crippen LogP contribution in [0.15, 0.2) is 53.9 Å². The highest BCUT2D eigenvalue weighted by molar-refractivity contribution is 7.09. The maximum atomic E-state index is 12.3. The van der Waals surface area contributed by atoms with Gasteiger partial charge in [-0.2, -0.15) is 0 Å². The van der Waals surface area contributed by atoms with Crippen LogP contribution in [0.5, 0.6) is 0 Å². The van der Waals surface area contributed by atoms with E-state index in [4.69, 9.17) is 14.6 Å². The number of hydrogen-bond donors (Lipinski definition) is 3. The first-order valence-corrected chi connectivity index (χ1v) is 11.9. The van der Waals surface area contributed by atoms with Gasteiger partial charge in [-0.15, -0.1) is 11.3 Å². The zero-order valence-electron chi connectivity index (χ0n) is 19.0. The highest BCUT2D eigenvalue weighted by Gasteiger charge is 2.29. The third kappa shape index (κ3) is 5.84. The van der Waals surface area contributed by atoms with Gasteiger partial charge in [-0.25, -0.2) is 9.78 Å². The lowest BCUT2D eigenvalue weighted by atomic mass is 9.98. The van der Waals surface area contributed by atoms with Crippen molar-refractivity contribution in [2.45, 2.75) is 25.0 Å². The van der Waals surface area contributed by atoms with Crippen LogP contribution in [0.3, 0.4) is 0 Å². The van der Waals surface area contributed by atoms with Crippen molar-refractivity contribution in [3.8, 4) is 11.1 Å². The summed E-state index contributed by atoms with van der Waals surface area (Å²) in [5.41, 5.74) is 4.77. The quantitative estimate of drug-likeness (QED) is 0.393. The summed E-state index contributed by atoms with van der Waals surface area (Å²) >= 11 is 1.23. The molecule has 0 bridgehead atoms. The molecule has 9 nitrogen and oxygen atoms in total. The zero-order chi connectivity index (χ0) is 24.8. The molecule has 1 atom stereocenters. The van der Waals surface area contributed by atoms with Crippen molar-refractivity contribution < 1.29 is 29.0 Å². The fraction of sp³-hybridized carbons (Fsp3) is 0.280. The second-order valence-corrected chi connectivity index (χ2v) is 8.91. The number of aromatic nitrogens is 1. The Labute approximate surface area is 206 Å². The Morgan fingerprint density at radius 3 is 2.34 bits per heavy atom. The Morgan fingerprint density at radius 1 is 1.06 bits per heavy atom. The number of carbonyl (C=O) groups excluding carboxylic acids is 2. The number of aliphatic carboxylic acids is 1. The number of alkyl carbamates (subject to hydrolysis) is 1. The van der Waals surface area contributed by atoms with Crippen LogP contribution in [0.2, 0.25) is 0 Å². The molecular weight excluding hydrogens is 470 g/mol. The minimum absolute atomic E-state index is 0.0274. The fourth-order valence-electron chi connectivity index (χ4n) is 4.02. The zero-order valence-corrected chi connectivity index (χ0v) is 19.8. The van der Waals surface area contributed by atoms with Crippen LogP contribution >= 0.6 is 11.3 Å². The summed E-state index contributed by atoms with van der Waals surface area (Å²) < 4.78 is 10.6. The topological polar surface area (TPSA) is 127 Å². The largest absolute Gasteiger partial charge is 0.481 e. The van der Waals surface area contributed by atoms with Gasteiger partial charge in [0.1, 0.15) is 17.3 Å². The smallest absolute Gasteiger partial charge is 0.407 e. The Balaban J connectivity index is 1.26. The molecule has 0 saturated carbocycles. The SMILES string of the molecule is COC(CNC(=O)c1csc(CNC(=O)OCC2c3ccccc3-c3ccccc32)n1)CC(=O)O. The molecule has 1 unspecified atom stereocenters. The van der Waals surface area contributed by atoms with Gasteiger partial charge in [0, 0.05) is 25.0 Å². The van der Waals surface area contributed by atoms with Gasteiger partial charge in [0.05, 0.1) is 19.1 Å². The number of hydrogen-bond acceptors (Lipinski definition) is 7. The molecule has 3 aromatic rings. The predicted octanol–water partition coefficient (Wildman–Crippen LogP) is 3.40. The second kappa shape index (κ2) is 11.1. The molecule has 3 N–H and O–H groups in total. The number of ether oxygens (including phenoxy) is 2. The van der Waals surface area contributed by atoms with E-state index in [0.717, 1.165) is 22.3 Å². The molecule has 182 valence electrons. The number of methoxy groups -OCH3 is 1. The molecule has 1 aromatic heterocycles. The number of nitrogens with zero attached hydrogens (tertiary/aromatic N) is 1. The summed E-state index contributed by atoms with van der Waals surface area (Å²) in [6.07, 6.45) is -1.42. The van der Waals surface area contributed by atoms with Gasteiger partial charge in [-0.05, 0) is 22.3 Å². The van der Waals surface area contributed by atoms with Crippen LogP contribution in [0, 0.1) is 0 Å². The lowest BCUT2D eigenvalue weighted by Gasteiger charge is -2.14. The number of thiazole rings is 1. The number of carboxylic acids is 1. The minimum Gasteiger partial charge on any atom is -0.481 e. The highest BCUT2D eigenvalue weighted by Crippen LogP contribution is 2.44. The standard InChI is InChI=1S/C25H25N3O6S/c1-33-15(10-23(29)30)11-26-24(31)21-14-35-22(28-21)12-27-25(32)34-13-20-18-8-4-2-6-16(18)17-7-3-5-9-19(17)20/h2-9,14-15,20H,10-13H2,1H3,(H,26,31)(H,27,32)(H,29,30). The maximum absolute atomic E-state index is 12.3. The van der Waals surface area contributed by atoms with Crippen molar-refractivity contribution in [3.63, 3.8) is 0 Å². The molecule has 4 rings (SSSR count). The Kier molecular flexibility index (Phi) is 7.74. The molecule has 1 aliphatic rings. The van der Waals surface area contributed by atoms with E-state index in [1.807, 2.05) is 24.3 Å². The summed E-state index contributed by atoms with van der Waals surface area (Å²) in [6, 6.07) is 16.2. The van der Waals surface area contributed by atoms with Gasteiger partial charge in [0.2, 0.25) is 0 Å². The van der Waals surface area contributed by atoms with Crippen LogP contribution in [0.4, 0.5) is 4.79 Å². The summed E-state index contributed by atoms with van der Waals surface area (Å²) in [4.78, 5) is 39.6. The van der Waals surface area contributed by atoms with Gasteiger partial charge in [0.25, 0.3) is 5.91 Å². The van der Waals surface area contributed by atoms with Crippen LogP contribution < -0.4 is 10.6 Å². The average molecular weight is 496 g/mol. The van der Waals surface area contributed by atoms with E-state index in [-0.39, 0.29) is 37.7 Å². The summed E-state index contributed by atoms with van der Waals surface area (Å²) in [5.74, 6) is -1.48. The van der Waals surface area contributed by atoms with Crippen molar-refractivity contribution >= 4 is 29.3 Å². The normalized spacial score (nSPS) is 12.9. The van der Waals surface area contributed by atoms with E-state index >= 15 is 0 Å². The molecular formula is C25H25N3O6S. The molecule has 2 aromatic carbocycles. The van der Waals surface area contributed by atoms with Gasteiger partial charge in [-0.1, -0.05) is 48.5 Å². The highest BCUT2D eigenvalue weighted by atomic mass is 32.1. The monoisotopic (exact) mass is 495 g/mol. The Bertz CT molecular complexity index is 1180. The minimum atomic E-state index is -1.01. The first kappa shape index (κ1) is 24.4. The van der Waals surface area contributed by atoms with Crippen molar-refractivity contribution in [1.29, 1.82) is 0 Å². The third-order valence-corrected chi connectivity index (χ3v) is 6.59. The van der Waals surface area contributed by atoms with E-state index in [0.29, 0.717) is 5.01 Å². The van der Waals surface area contributed by atoms with Gasteiger partial charge < -0.3 is 25.2 Å². The van der Waals surface area contributed by atoms with Crippen LogP contribution in [-0.4, -0.2) is 54.4 Å². The van der Waals surface area contributed by atoms with Crippen molar-refractivity contribution in [2.24, 2.45) is 0 Å². The molecule has 10 heteroatoms. The molecule has 1 heterocycles. The van der Waals surface area contributed by atoms with Crippen LogP contribution in [0.25, 0.3) is 11.1 Å². The van der Waals surface area contributed by atoms with E-state index in [9.17, 15) is 14.4 Å². The number of carbonyl (C=O) groups is 3. The van der Waals surface area contributed by atoms with E-state index in [1.165, 1.54) is 18.4 Å². The first-order chi connectivity index (χ1) is 17.0. The molecule has 1 aliphatic carbocycles. The Hall–Kier alpha value is -3.76. The van der Waals surface area contributed by atoms with Crippen LogP contribution in [-0.2, 0) is 20.8 Å². The van der Waals surface area contributed by atoms with Crippen LogP contribution in [0.1, 0.15) is 39.0 Å². The van der Waals surface area contributed by atoms with Crippen molar-refractivity contribution in [3.05, 3.63) is 75.7 Å². The van der Waals surface area contributed by atoms with Crippen molar-refractivity contribution in [1.82, 2.24) is 15.6 Å². The third-order valence-electron chi connectivity index (χ3n) is 5.74. The van der Waals surface area contributed by atoms with Crippen molar-refractivity contribution in [2.75, 3.05) is 20.3 Å². The fourth-order valence-corrected chi connectivity index (χ4v) is 4.74. The molecule has 0 aliphatic heterocycles. The first-order valence-electron chi connectivity index (χ1n) is 11.0. The maximum Gasteiger partial charge on any atom is 0.407 e. The molecule has 0 spiro atoms. The number of rotatable bonds is 10. The second-order valence-electron chi connectivity index (χ2n) is 7.97. The van der Waals surface area contributed by atoms with Gasteiger partial charge in [-0.3, -0.25) is 9.59 Å². The molecule has 0 fully saturated rings. The van der Waals surface area contributed by atoms with E-state index < -0.39 is 24.1 Å². The Morgan fingerprint density at radius 2 is 1.71 bits per heavy atom. The number of carboxylic acid groups (broad SMARTS) is 1. The number of fused-ring (bicyclic) bond motifs is 3. The van der Waals surface area contributed by atoms with E-state index in [1.54, 1.807) is 5.38 Å². The molecule has 0 saturated heterocycles. The molecule has 35 heavy (non-hydrogen) atoms. The number of benzene rings is 2. The summed E-state index contributed by atoms with van der Waals surface area (Å²) in [6.45, 7) is 0.378. The van der Waals surface area contributed by atoms with Gasteiger partial charge in [0.15, 0.2) is 0 Å². The van der Waals surface area contributed by atoms with Gasteiger partial charge >= 0.3 is 12.1 Å². The predicted molar refractivity (Wildman–Crippen MR) is 129 cm³/mol.